The van der Waals surface area contributed by atoms with Crippen LogP contribution in [-0.2, 0) is 0 Å². The van der Waals surface area contributed by atoms with Gasteiger partial charge in [0.15, 0.2) is 0 Å². The number of rotatable bonds is 8. The predicted octanol–water partition coefficient (Wildman–Crippen LogP) is 2.11. The van der Waals surface area contributed by atoms with Gasteiger partial charge in [0.2, 0.25) is 0 Å². The van der Waals surface area contributed by atoms with Crippen LogP contribution in [0.3, 0.4) is 0 Å². The molecule has 1 saturated carbocycles. The molecule has 0 radical (unpaired) electrons. The molecule has 0 saturated heterocycles. The zero-order valence-electron chi connectivity index (χ0n) is 12.5. The van der Waals surface area contributed by atoms with Gasteiger partial charge in [-0.15, -0.1) is 0 Å². The van der Waals surface area contributed by atoms with E-state index >= 15 is 0 Å². The van der Waals surface area contributed by atoms with Gasteiger partial charge in [-0.05, 0) is 44.2 Å². The summed E-state index contributed by atoms with van der Waals surface area (Å²) in [6.45, 7) is 9.39. The van der Waals surface area contributed by atoms with Crippen LogP contribution in [0, 0.1) is 11.3 Å². The molecule has 0 spiro atoms. The van der Waals surface area contributed by atoms with E-state index in [1.54, 1.807) is 0 Å². The smallest absolute Gasteiger partial charge is 0.0443 e. The largest absolute Gasteiger partial charge is 0.396 e. The third-order valence-electron chi connectivity index (χ3n) is 4.53. The second-order valence-electron chi connectivity index (χ2n) is 6.16. The minimum atomic E-state index is 0.312. The van der Waals surface area contributed by atoms with E-state index < -0.39 is 0 Å². The summed E-state index contributed by atoms with van der Waals surface area (Å²) in [7, 11) is 2.07. The van der Waals surface area contributed by atoms with Crippen molar-refractivity contribution < 1.29 is 5.11 Å². The summed E-state index contributed by atoms with van der Waals surface area (Å²) in [6.07, 6.45) is 6.35. The molecule has 0 aromatic heterocycles. The Balaban J connectivity index is 2.54. The molecule has 0 aliphatic heterocycles. The van der Waals surface area contributed by atoms with Crippen molar-refractivity contribution in [1.29, 1.82) is 0 Å². The lowest BCUT2D eigenvalue weighted by Crippen LogP contribution is -2.45. The normalized spacial score (nSPS) is 28.8. The van der Waals surface area contributed by atoms with E-state index in [9.17, 15) is 0 Å². The van der Waals surface area contributed by atoms with Crippen LogP contribution >= 0.6 is 0 Å². The number of aliphatic hydroxyl groups is 1. The highest BCUT2D eigenvalue weighted by Gasteiger charge is 2.34. The summed E-state index contributed by atoms with van der Waals surface area (Å²) in [6, 6.07) is 0. The highest BCUT2D eigenvalue weighted by atomic mass is 16.3. The first-order valence-corrected chi connectivity index (χ1v) is 7.63. The average molecular weight is 256 g/mol. The van der Waals surface area contributed by atoms with Crippen molar-refractivity contribution in [3.63, 3.8) is 0 Å². The molecule has 1 aliphatic carbocycles. The Bertz CT molecular complexity index is 213. The first kappa shape index (κ1) is 15.9. The van der Waals surface area contributed by atoms with E-state index in [4.69, 9.17) is 5.11 Å². The molecule has 2 N–H and O–H groups in total. The Kier molecular flexibility index (Phi) is 7.20. The van der Waals surface area contributed by atoms with E-state index in [1.165, 1.54) is 32.2 Å². The van der Waals surface area contributed by atoms with Gasteiger partial charge in [-0.1, -0.05) is 26.7 Å². The van der Waals surface area contributed by atoms with Gasteiger partial charge in [0, 0.05) is 26.2 Å². The Morgan fingerprint density at radius 1 is 1.33 bits per heavy atom. The summed E-state index contributed by atoms with van der Waals surface area (Å²) < 4.78 is 0. The number of nitrogens with one attached hydrogen (secondary N) is 1. The summed E-state index contributed by atoms with van der Waals surface area (Å²) in [4.78, 5) is 2.52. The van der Waals surface area contributed by atoms with Crippen LogP contribution in [0.15, 0.2) is 0 Å². The molecule has 3 nitrogen and oxygen atoms in total. The Hall–Kier alpha value is -0.120. The Morgan fingerprint density at radius 3 is 2.50 bits per heavy atom. The number of nitrogens with zero attached hydrogens (tertiary/aromatic N) is 1. The van der Waals surface area contributed by atoms with Crippen LogP contribution in [-0.4, -0.2) is 49.8 Å². The van der Waals surface area contributed by atoms with Crippen molar-refractivity contribution in [1.82, 2.24) is 10.2 Å². The van der Waals surface area contributed by atoms with E-state index in [2.05, 4.69) is 31.1 Å². The van der Waals surface area contributed by atoms with Gasteiger partial charge >= 0.3 is 0 Å². The van der Waals surface area contributed by atoms with E-state index in [-0.39, 0.29) is 0 Å². The SMILES string of the molecule is CCN(CCCO)CC1(CNC)CCC(C)CC1. The minimum absolute atomic E-state index is 0.312. The van der Waals surface area contributed by atoms with Gasteiger partial charge in [-0.25, -0.2) is 0 Å². The Morgan fingerprint density at radius 2 is 2.00 bits per heavy atom. The van der Waals surface area contributed by atoms with Crippen molar-refractivity contribution in [2.24, 2.45) is 11.3 Å². The second kappa shape index (κ2) is 8.13. The number of aliphatic hydroxyl groups excluding tert-OH is 1. The fraction of sp³-hybridized carbons (Fsp3) is 1.00. The monoisotopic (exact) mass is 256 g/mol. The fourth-order valence-corrected chi connectivity index (χ4v) is 3.26. The van der Waals surface area contributed by atoms with Gasteiger partial charge in [-0.3, -0.25) is 0 Å². The topological polar surface area (TPSA) is 35.5 Å². The molecule has 0 aromatic carbocycles. The van der Waals surface area contributed by atoms with Crippen LogP contribution < -0.4 is 5.32 Å². The van der Waals surface area contributed by atoms with Crippen molar-refractivity contribution in [3.05, 3.63) is 0 Å². The Labute approximate surface area is 113 Å². The van der Waals surface area contributed by atoms with Crippen molar-refractivity contribution >= 4 is 0 Å². The lowest BCUT2D eigenvalue weighted by molar-refractivity contribution is 0.0869. The summed E-state index contributed by atoms with van der Waals surface area (Å²) in [5, 5.41) is 12.4. The molecule has 0 aromatic rings. The first-order valence-electron chi connectivity index (χ1n) is 7.63. The van der Waals surface area contributed by atoms with Crippen LogP contribution in [0.4, 0.5) is 0 Å². The van der Waals surface area contributed by atoms with Crippen LogP contribution in [0.5, 0.6) is 0 Å². The third-order valence-corrected chi connectivity index (χ3v) is 4.53. The maximum atomic E-state index is 8.98. The van der Waals surface area contributed by atoms with Gasteiger partial charge < -0.3 is 15.3 Å². The molecular weight excluding hydrogens is 224 g/mol. The molecule has 108 valence electrons. The van der Waals surface area contributed by atoms with Gasteiger partial charge in [0.05, 0.1) is 0 Å². The molecule has 1 aliphatic rings. The molecular formula is C15H32N2O. The van der Waals surface area contributed by atoms with Crippen molar-refractivity contribution in [2.45, 2.75) is 46.0 Å². The van der Waals surface area contributed by atoms with E-state index in [0.717, 1.165) is 32.0 Å². The first-order chi connectivity index (χ1) is 8.65. The predicted molar refractivity (Wildman–Crippen MR) is 77.8 cm³/mol. The van der Waals surface area contributed by atoms with Crippen LogP contribution in [0.25, 0.3) is 0 Å². The molecule has 1 fully saturated rings. The maximum absolute atomic E-state index is 8.98. The molecule has 0 unspecified atom stereocenters. The molecule has 0 atom stereocenters. The third kappa shape index (κ3) is 4.87. The number of hydrogen-bond acceptors (Lipinski definition) is 3. The second-order valence-corrected chi connectivity index (χ2v) is 6.16. The van der Waals surface area contributed by atoms with Crippen LogP contribution in [0.2, 0.25) is 0 Å². The molecule has 3 heteroatoms. The van der Waals surface area contributed by atoms with E-state index in [0.29, 0.717) is 12.0 Å². The van der Waals surface area contributed by atoms with Gasteiger partial charge in [-0.2, -0.15) is 0 Å². The standard InChI is InChI=1S/C15H32N2O/c1-4-17(10-5-11-18)13-15(12-16-3)8-6-14(2)7-9-15/h14,16,18H,4-13H2,1-3H3. The molecule has 0 heterocycles. The van der Waals surface area contributed by atoms with E-state index in [1.807, 2.05) is 0 Å². The highest BCUT2D eigenvalue weighted by Crippen LogP contribution is 2.39. The van der Waals surface area contributed by atoms with Crippen molar-refractivity contribution in [2.75, 3.05) is 39.8 Å². The molecule has 0 amide bonds. The van der Waals surface area contributed by atoms with Crippen molar-refractivity contribution in [3.8, 4) is 0 Å². The zero-order valence-corrected chi connectivity index (χ0v) is 12.5. The lowest BCUT2D eigenvalue weighted by Gasteiger charge is -2.42. The highest BCUT2D eigenvalue weighted by molar-refractivity contribution is 4.89. The van der Waals surface area contributed by atoms with Crippen LogP contribution in [0.1, 0.15) is 46.0 Å². The lowest BCUT2D eigenvalue weighted by atomic mass is 9.70. The van der Waals surface area contributed by atoms with Gasteiger partial charge in [0.25, 0.3) is 0 Å². The minimum Gasteiger partial charge on any atom is -0.396 e. The summed E-state index contributed by atoms with van der Waals surface area (Å²) >= 11 is 0. The molecule has 0 bridgehead atoms. The molecule has 1 rings (SSSR count). The quantitative estimate of drug-likeness (QED) is 0.698. The fourth-order valence-electron chi connectivity index (χ4n) is 3.26. The summed E-state index contributed by atoms with van der Waals surface area (Å²) in [5.41, 5.74) is 0.465. The molecule has 18 heavy (non-hydrogen) atoms. The average Bonchev–Trinajstić information content (AvgIpc) is 2.38. The number of hydrogen-bond donors (Lipinski definition) is 2. The van der Waals surface area contributed by atoms with Gasteiger partial charge in [0.1, 0.15) is 0 Å². The zero-order chi connectivity index (χ0) is 13.4. The maximum Gasteiger partial charge on any atom is 0.0443 e. The summed E-state index contributed by atoms with van der Waals surface area (Å²) in [5.74, 6) is 0.905.